The molecule has 1 amide bonds. The monoisotopic (exact) mass is 343 g/mol. The third-order valence-corrected chi connectivity index (χ3v) is 3.55. The molecule has 0 aliphatic heterocycles. The van der Waals surface area contributed by atoms with Crippen LogP contribution in [0, 0.1) is 0 Å². The van der Waals surface area contributed by atoms with Crippen LogP contribution in [0.2, 0.25) is 0 Å². The smallest absolute Gasteiger partial charge is 0.339 e. The Kier molecular flexibility index (Phi) is 5.73. The van der Waals surface area contributed by atoms with Crippen molar-refractivity contribution in [3.05, 3.63) is 53.6 Å². The maximum Gasteiger partial charge on any atom is 0.339 e. The SMILES string of the molecule is O=C(CCCC(=O)c1ccccc1)Nc1c(O)ccc(C(=O)O)c1O. The average molecular weight is 343 g/mol. The summed E-state index contributed by atoms with van der Waals surface area (Å²) in [5.74, 6) is -3.19. The van der Waals surface area contributed by atoms with Gasteiger partial charge in [0.1, 0.15) is 17.0 Å². The molecule has 0 aliphatic rings. The third-order valence-electron chi connectivity index (χ3n) is 3.55. The topological polar surface area (TPSA) is 124 Å². The van der Waals surface area contributed by atoms with Gasteiger partial charge in [0.2, 0.25) is 5.91 Å². The van der Waals surface area contributed by atoms with Crippen LogP contribution < -0.4 is 5.32 Å². The number of ketones is 1. The van der Waals surface area contributed by atoms with Gasteiger partial charge in [0.15, 0.2) is 11.5 Å². The lowest BCUT2D eigenvalue weighted by atomic mass is 10.1. The molecule has 130 valence electrons. The summed E-state index contributed by atoms with van der Waals surface area (Å²) < 4.78 is 0. The van der Waals surface area contributed by atoms with Crippen LogP contribution in [0.15, 0.2) is 42.5 Å². The van der Waals surface area contributed by atoms with E-state index in [1.165, 1.54) is 0 Å². The summed E-state index contributed by atoms with van der Waals surface area (Å²) in [5, 5.41) is 30.7. The van der Waals surface area contributed by atoms with Crippen molar-refractivity contribution in [3.63, 3.8) is 0 Å². The standard InChI is InChI=1S/C18H17NO6/c20-13(11-5-2-1-3-6-11)7-4-8-15(22)19-16-14(21)10-9-12(17(16)23)18(24)25/h1-3,5-6,9-10,21,23H,4,7-8H2,(H,19,22)(H,24,25). The largest absolute Gasteiger partial charge is 0.506 e. The van der Waals surface area contributed by atoms with Gasteiger partial charge in [-0.25, -0.2) is 4.79 Å². The van der Waals surface area contributed by atoms with Crippen molar-refractivity contribution < 1.29 is 29.7 Å². The number of nitrogens with one attached hydrogen (secondary N) is 1. The number of carbonyl (C=O) groups is 3. The Labute approximate surface area is 143 Å². The number of carboxylic acid groups (broad SMARTS) is 1. The van der Waals surface area contributed by atoms with E-state index in [1.54, 1.807) is 30.3 Å². The molecular weight excluding hydrogens is 326 g/mol. The van der Waals surface area contributed by atoms with Crippen LogP contribution in [0.25, 0.3) is 0 Å². The average Bonchev–Trinajstić information content (AvgIpc) is 2.59. The lowest BCUT2D eigenvalue weighted by Gasteiger charge is -2.11. The second-order valence-electron chi connectivity index (χ2n) is 5.35. The number of aromatic carboxylic acids is 1. The van der Waals surface area contributed by atoms with E-state index in [0.717, 1.165) is 12.1 Å². The highest BCUT2D eigenvalue weighted by Gasteiger charge is 2.18. The molecular formula is C18H17NO6. The first kappa shape index (κ1) is 18.0. The molecule has 0 heterocycles. The van der Waals surface area contributed by atoms with Crippen molar-refractivity contribution in [1.29, 1.82) is 0 Å². The predicted molar refractivity (Wildman–Crippen MR) is 90.0 cm³/mol. The van der Waals surface area contributed by atoms with Crippen molar-refractivity contribution in [1.82, 2.24) is 0 Å². The molecule has 0 saturated carbocycles. The Morgan fingerprint density at radius 3 is 2.24 bits per heavy atom. The summed E-state index contributed by atoms with van der Waals surface area (Å²) in [6.45, 7) is 0. The molecule has 2 aromatic rings. The molecule has 2 aromatic carbocycles. The number of hydrogen-bond donors (Lipinski definition) is 4. The zero-order valence-electron chi connectivity index (χ0n) is 13.2. The normalized spacial score (nSPS) is 10.2. The fourth-order valence-corrected chi connectivity index (χ4v) is 2.26. The Morgan fingerprint density at radius 2 is 1.60 bits per heavy atom. The maximum atomic E-state index is 11.9. The molecule has 2 rings (SSSR count). The van der Waals surface area contributed by atoms with Crippen LogP contribution >= 0.6 is 0 Å². The Morgan fingerprint density at radius 1 is 0.920 bits per heavy atom. The number of hydrogen-bond acceptors (Lipinski definition) is 5. The highest BCUT2D eigenvalue weighted by Crippen LogP contribution is 2.36. The summed E-state index contributed by atoms with van der Waals surface area (Å²) in [6, 6.07) is 10.8. The molecule has 0 aliphatic carbocycles. The van der Waals surface area contributed by atoms with Gasteiger partial charge < -0.3 is 20.6 Å². The molecule has 7 heteroatoms. The van der Waals surface area contributed by atoms with Crippen molar-refractivity contribution in [2.24, 2.45) is 0 Å². The van der Waals surface area contributed by atoms with Crippen LogP contribution in [0.5, 0.6) is 11.5 Å². The Bertz CT molecular complexity index is 801. The molecule has 0 spiro atoms. The van der Waals surface area contributed by atoms with Gasteiger partial charge in [0, 0.05) is 18.4 Å². The number of carbonyl (C=O) groups excluding carboxylic acids is 2. The zero-order valence-corrected chi connectivity index (χ0v) is 13.2. The van der Waals surface area contributed by atoms with E-state index in [4.69, 9.17) is 5.11 Å². The fourth-order valence-electron chi connectivity index (χ4n) is 2.26. The maximum absolute atomic E-state index is 11.9. The molecule has 0 aromatic heterocycles. The van der Waals surface area contributed by atoms with Gasteiger partial charge in [0.05, 0.1) is 0 Å². The summed E-state index contributed by atoms with van der Waals surface area (Å²) in [4.78, 5) is 34.8. The van der Waals surface area contributed by atoms with Crippen molar-refractivity contribution in [2.75, 3.05) is 5.32 Å². The number of Topliss-reactive ketones (excluding diaryl/α,β-unsaturated/α-hetero) is 1. The zero-order chi connectivity index (χ0) is 18.4. The predicted octanol–water partition coefficient (Wildman–Crippen LogP) is 2.79. The summed E-state index contributed by atoms with van der Waals surface area (Å²) in [7, 11) is 0. The van der Waals surface area contributed by atoms with Gasteiger partial charge in [-0.2, -0.15) is 0 Å². The molecule has 0 fully saturated rings. The lowest BCUT2D eigenvalue weighted by Crippen LogP contribution is -2.13. The second-order valence-corrected chi connectivity index (χ2v) is 5.35. The molecule has 25 heavy (non-hydrogen) atoms. The molecule has 7 nitrogen and oxygen atoms in total. The quantitative estimate of drug-likeness (QED) is 0.453. The van der Waals surface area contributed by atoms with Gasteiger partial charge in [-0.05, 0) is 18.6 Å². The number of phenolic OH excluding ortho intramolecular Hbond substituents is 1. The van der Waals surface area contributed by atoms with Crippen molar-refractivity contribution >= 4 is 23.3 Å². The Hall–Kier alpha value is -3.35. The highest BCUT2D eigenvalue weighted by atomic mass is 16.4. The number of benzene rings is 2. The highest BCUT2D eigenvalue weighted by molar-refractivity contribution is 6.00. The van der Waals surface area contributed by atoms with E-state index in [2.05, 4.69) is 5.32 Å². The lowest BCUT2D eigenvalue weighted by molar-refractivity contribution is -0.116. The first-order valence-electron chi connectivity index (χ1n) is 7.56. The van der Waals surface area contributed by atoms with Crippen LogP contribution in [0.4, 0.5) is 5.69 Å². The third kappa shape index (κ3) is 4.57. The van der Waals surface area contributed by atoms with Gasteiger partial charge in [-0.15, -0.1) is 0 Å². The summed E-state index contributed by atoms with van der Waals surface area (Å²) >= 11 is 0. The van der Waals surface area contributed by atoms with Crippen molar-refractivity contribution in [3.8, 4) is 11.5 Å². The van der Waals surface area contributed by atoms with Crippen LogP contribution in [0.1, 0.15) is 40.0 Å². The van der Waals surface area contributed by atoms with Gasteiger partial charge in [-0.3, -0.25) is 9.59 Å². The molecule has 0 bridgehead atoms. The first-order chi connectivity index (χ1) is 11.9. The first-order valence-corrected chi connectivity index (χ1v) is 7.56. The number of phenols is 2. The molecule has 0 radical (unpaired) electrons. The van der Waals surface area contributed by atoms with E-state index < -0.39 is 28.9 Å². The molecule has 4 N–H and O–H groups in total. The molecule has 0 saturated heterocycles. The van der Waals surface area contributed by atoms with Crippen LogP contribution in [-0.4, -0.2) is 33.0 Å². The molecule has 0 unspecified atom stereocenters. The van der Waals surface area contributed by atoms with E-state index >= 15 is 0 Å². The number of aromatic hydroxyl groups is 2. The van der Waals surface area contributed by atoms with Gasteiger partial charge in [0.25, 0.3) is 0 Å². The van der Waals surface area contributed by atoms with Gasteiger partial charge >= 0.3 is 5.97 Å². The van der Waals surface area contributed by atoms with Gasteiger partial charge in [-0.1, -0.05) is 30.3 Å². The number of carboxylic acids is 1. The second kappa shape index (κ2) is 7.96. The minimum Gasteiger partial charge on any atom is -0.506 e. The number of anilines is 1. The van der Waals surface area contributed by atoms with E-state index in [-0.39, 0.29) is 30.7 Å². The Balaban J connectivity index is 1.94. The minimum absolute atomic E-state index is 0.0191. The summed E-state index contributed by atoms with van der Waals surface area (Å²) in [6.07, 6.45) is 0.430. The van der Waals surface area contributed by atoms with E-state index in [9.17, 15) is 24.6 Å². The van der Waals surface area contributed by atoms with Crippen LogP contribution in [-0.2, 0) is 4.79 Å². The van der Waals surface area contributed by atoms with E-state index in [1.807, 2.05) is 0 Å². The number of rotatable bonds is 7. The van der Waals surface area contributed by atoms with E-state index in [0.29, 0.717) is 5.56 Å². The van der Waals surface area contributed by atoms with Crippen LogP contribution in [0.3, 0.4) is 0 Å². The van der Waals surface area contributed by atoms with Crippen molar-refractivity contribution in [2.45, 2.75) is 19.3 Å². The minimum atomic E-state index is -1.39. The summed E-state index contributed by atoms with van der Waals surface area (Å²) in [5.41, 5.74) is -0.237. The molecule has 0 atom stereocenters. The number of amides is 1. The fraction of sp³-hybridized carbons (Fsp3) is 0.167.